The Bertz CT molecular complexity index is 1020. The van der Waals surface area contributed by atoms with Gasteiger partial charge in [-0.15, -0.1) is 0 Å². The first-order valence-corrected chi connectivity index (χ1v) is 9.33. The molecule has 1 N–H and O–H groups in total. The Morgan fingerprint density at radius 1 is 1.04 bits per heavy atom. The SMILES string of the molecule is O=C(N/N=C/c1cccc2ccccc12)C1CC(=O)N(Cc2ccccc2)C1. The summed E-state index contributed by atoms with van der Waals surface area (Å²) in [6, 6.07) is 23.8. The normalized spacial score (nSPS) is 16.8. The maximum absolute atomic E-state index is 12.4. The molecule has 0 bridgehead atoms. The van der Waals surface area contributed by atoms with Crippen molar-refractivity contribution in [3.05, 3.63) is 83.9 Å². The van der Waals surface area contributed by atoms with E-state index < -0.39 is 0 Å². The molecule has 5 heteroatoms. The van der Waals surface area contributed by atoms with Crippen LogP contribution in [-0.2, 0) is 16.1 Å². The molecule has 1 heterocycles. The fourth-order valence-electron chi connectivity index (χ4n) is 3.52. The van der Waals surface area contributed by atoms with Gasteiger partial charge >= 0.3 is 0 Å². The lowest BCUT2D eigenvalue weighted by molar-refractivity contribution is -0.129. The number of hydrogen-bond donors (Lipinski definition) is 1. The molecule has 4 rings (SSSR count). The number of carbonyl (C=O) groups is 2. The molecule has 1 atom stereocenters. The minimum atomic E-state index is -0.374. The number of rotatable bonds is 5. The van der Waals surface area contributed by atoms with Crippen LogP contribution in [0.2, 0.25) is 0 Å². The van der Waals surface area contributed by atoms with Crippen LogP contribution in [0.1, 0.15) is 17.5 Å². The number of fused-ring (bicyclic) bond motifs is 1. The Balaban J connectivity index is 1.37. The van der Waals surface area contributed by atoms with Crippen molar-refractivity contribution in [3.8, 4) is 0 Å². The molecule has 1 aliphatic heterocycles. The maximum Gasteiger partial charge on any atom is 0.245 e. The van der Waals surface area contributed by atoms with Gasteiger partial charge in [0, 0.05) is 25.1 Å². The summed E-state index contributed by atoms with van der Waals surface area (Å²) in [7, 11) is 0. The van der Waals surface area contributed by atoms with Crippen molar-refractivity contribution in [3.63, 3.8) is 0 Å². The van der Waals surface area contributed by atoms with Gasteiger partial charge in [-0.2, -0.15) is 5.10 Å². The Kier molecular flexibility index (Phi) is 5.15. The Morgan fingerprint density at radius 2 is 1.79 bits per heavy atom. The van der Waals surface area contributed by atoms with Gasteiger partial charge in [-0.3, -0.25) is 9.59 Å². The number of benzene rings is 3. The van der Waals surface area contributed by atoms with E-state index in [0.29, 0.717) is 13.1 Å². The number of amides is 2. The van der Waals surface area contributed by atoms with Gasteiger partial charge in [-0.05, 0) is 16.3 Å². The van der Waals surface area contributed by atoms with Crippen LogP contribution in [0.15, 0.2) is 77.9 Å². The first kappa shape index (κ1) is 17.9. The molecule has 5 nitrogen and oxygen atoms in total. The molecule has 140 valence electrons. The number of carbonyl (C=O) groups excluding carboxylic acids is 2. The minimum absolute atomic E-state index is 0.00189. The van der Waals surface area contributed by atoms with Crippen LogP contribution in [0, 0.1) is 5.92 Å². The highest BCUT2D eigenvalue weighted by Gasteiger charge is 2.34. The predicted molar refractivity (Wildman–Crippen MR) is 110 cm³/mol. The molecular formula is C23H21N3O2. The van der Waals surface area contributed by atoms with Crippen molar-refractivity contribution in [2.45, 2.75) is 13.0 Å². The zero-order chi connectivity index (χ0) is 19.3. The number of nitrogens with one attached hydrogen (secondary N) is 1. The van der Waals surface area contributed by atoms with Crippen molar-refractivity contribution < 1.29 is 9.59 Å². The number of nitrogens with zero attached hydrogens (tertiary/aromatic N) is 2. The average molecular weight is 371 g/mol. The van der Waals surface area contributed by atoms with E-state index in [1.165, 1.54) is 0 Å². The highest BCUT2D eigenvalue weighted by Crippen LogP contribution is 2.20. The summed E-state index contributed by atoms with van der Waals surface area (Å²) < 4.78 is 0. The standard InChI is InChI=1S/C23H21N3O2/c27-22-13-20(16-26(22)15-17-7-2-1-3-8-17)23(28)25-24-14-19-11-6-10-18-9-4-5-12-21(18)19/h1-12,14,20H,13,15-16H2,(H,25,28)/b24-14+. The maximum atomic E-state index is 12.4. The molecule has 0 aromatic heterocycles. The van der Waals surface area contributed by atoms with E-state index in [9.17, 15) is 9.59 Å². The molecule has 0 radical (unpaired) electrons. The Labute approximate surface area is 163 Å². The van der Waals surface area contributed by atoms with Crippen LogP contribution in [0.25, 0.3) is 10.8 Å². The van der Waals surface area contributed by atoms with Crippen LogP contribution in [0.5, 0.6) is 0 Å². The van der Waals surface area contributed by atoms with Gasteiger partial charge in [0.15, 0.2) is 0 Å². The molecule has 3 aromatic rings. The van der Waals surface area contributed by atoms with Gasteiger partial charge in [0.2, 0.25) is 11.8 Å². The average Bonchev–Trinajstić information content (AvgIpc) is 3.09. The summed E-state index contributed by atoms with van der Waals surface area (Å²) in [4.78, 5) is 26.4. The van der Waals surface area contributed by atoms with Crippen LogP contribution in [0.3, 0.4) is 0 Å². The molecule has 1 saturated heterocycles. The van der Waals surface area contributed by atoms with E-state index in [1.807, 2.05) is 72.8 Å². The molecule has 0 saturated carbocycles. The third-order valence-electron chi connectivity index (χ3n) is 5.00. The number of hydrazone groups is 1. The van der Waals surface area contributed by atoms with E-state index in [-0.39, 0.29) is 24.2 Å². The zero-order valence-corrected chi connectivity index (χ0v) is 15.4. The molecule has 0 spiro atoms. The fraction of sp³-hybridized carbons (Fsp3) is 0.174. The summed E-state index contributed by atoms with van der Waals surface area (Å²) in [5.74, 6) is -0.594. The Hall–Kier alpha value is -3.47. The first-order chi connectivity index (χ1) is 13.7. The van der Waals surface area contributed by atoms with Gasteiger partial charge in [0.05, 0.1) is 12.1 Å². The molecule has 2 amide bonds. The van der Waals surface area contributed by atoms with Gasteiger partial charge in [-0.1, -0.05) is 72.8 Å². The van der Waals surface area contributed by atoms with E-state index in [2.05, 4.69) is 10.5 Å². The van der Waals surface area contributed by atoms with Gasteiger partial charge in [-0.25, -0.2) is 5.43 Å². The van der Waals surface area contributed by atoms with E-state index in [4.69, 9.17) is 0 Å². The van der Waals surface area contributed by atoms with Crippen LogP contribution in [0.4, 0.5) is 0 Å². The summed E-state index contributed by atoms with van der Waals surface area (Å²) in [6.45, 7) is 0.950. The number of hydrogen-bond acceptors (Lipinski definition) is 3. The largest absolute Gasteiger partial charge is 0.338 e. The minimum Gasteiger partial charge on any atom is -0.338 e. The van der Waals surface area contributed by atoms with Gasteiger partial charge < -0.3 is 4.90 Å². The second kappa shape index (κ2) is 8.05. The predicted octanol–water partition coefficient (Wildman–Crippen LogP) is 3.34. The molecule has 1 fully saturated rings. The lowest BCUT2D eigenvalue weighted by atomic mass is 10.1. The van der Waals surface area contributed by atoms with E-state index in [0.717, 1.165) is 21.9 Å². The topological polar surface area (TPSA) is 61.8 Å². The van der Waals surface area contributed by atoms with Crippen molar-refractivity contribution in [1.82, 2.24) is 10.3 Å². The zero-order valence-electron chi connectivity index (χ0n) is 15.4. The highest BCUT2D eigenvalue weighted by molar-refractivity contribution is 6.00. The highest BCUT2D eigenvalue weighted by atomic mass is 16.2. The van der Waals surface area contributed by atoms with Crippen molar-refractivity contribution in [2.75, 3.05) is 6.54 Å². The summed E-state index contributed by atoms with van der Waals surface area (Å²) in [6.07, 6.45) is 1.88. The third-order valence-corrected chi connectivity index (χ3v) is 5.00. The fourth-order valence-corrected chi connectivity index (χ4v) is 3.52. The smallest absolute Gasteiger partial charge is 0.245 e. The molecule has 1 aliphatic rings. The van der Waals surface area contributed by atoms with E-state index >= 15 is 0 Å². The summed E-state index contributed by atoms with van der Waals surface area (Å²) in [5.41, 5.74) is 4.59. The molecule has 0 aliphatic carbocycles. The summed E-state index contributed by atoms with van der Waals surface area (Å²) >= 11 is 0. The molecule has 28 heavy (non-hydrogen) atoms. The lowest BCUT2D eigenvalue weighted by Crippen LogP contribution is -2.30. The lowest BCUT2D eigenvalue weighted by Gasteiger charge is -2.16. The second-order valence-corrected chi connectivity index (χ2v) is 6.96. The molecular weight excluding hydrogens is 350 g/mol. The monoisotopic (exact) mass is 371 g/mol. The third kappa shape index (κ3) is 3.93. The van der Waals surface area contributed by atoms with E-state index in [1.54, 1.807) is 11.1 Å². The quantitative estimate of drug-likeness (QED) is 0.552. The second-order valence-electron chi connectivity index (χ2n) is 6.96. The molecule has 1 unspecified atom stereocenters. The van der Waals surface area contributed by atoms with Crippen LogP contribution in [-0.4, -0.2) is 29.5 Å². The van der Waals surface area contributed by atoms with Crippen molar-refractivity contribution in [2.24, 2.45) is 11.0 Å². The molecule has 3 aromatic carbocycles. The Morgan fingerprint density at radius 3 is 2.64 bits per heavy atom. The van der Waals surface area contributed by atoms with Crippen molar-refractivity contribution in [1.29, 1.82) is 0 Å². The first-order valence-electron chi connectivity index (χ1n) is 9.33. The number of likely N-dealkylation sites (tertiary alicyclic amines) is 1. The van der Waals surface area contributed by atoms with Crippen LogP contribution < -0.4 is 5.43 Å². The summed E-state index contributed by atoms with van der Waals surface area (Å²) in [5, 5.41) is 6.31. The van der Waals surface area contributed by atoms with Crippen LogP contribution >= 0.6 is 0 Å². The van der Waals surface area contributed by atoms with Crippen molar-refractivity contribution >= 4 is 28.8 Å². The van der Waals surface area contributed by atoms with Gasteiger partial charge in [0.25, 0.3) is 0 Å². The van der Waals surface area contributed by atoms with Gasteiger partial charge in [0.1, 0.15) is 0 Å².